The maximum atomic E-state index is 4.85. The monoisotopic (exact) mass is 247 g/mol. The zero-order valence-electron chi connectivity index (χ0n) is 11.5. The van der Waals surface area contributed by atoms with Crippen LogP contribution in [0.4, 0.5) is 0 Å². The van der Waals surface area contributed by atoms with E-state index in [2.05, 4.69) is 23.8 Å². The number of unbranched alkanes of at least 4 members (excludes halogenated alkanes) is 1. The van der Waals surface area contributed by atoms with Crippen LogP contribution in [0.5, 0.6) is 0 Å². The van der Waals surface area contributed by atoms with Crippen molar-refractivity contribution in [2.24, 2.45) is 5.73 Å². The van der Waals surface area contributed by atoms with Gasteiger partial charge in [-0.2, -0.15) is 0 Å². The quantitative estimate of drug-likeness (QED) is 0.600. The van der Waals surface area contributed by atoms with Crippen LogP contribution in [-0.2, 0) is 0 Å². The molecule has 0 aliphatic carbocycles. The lowest BCUT2D eigenvalue weighted by atomic mass is 10.2. The third kappa shape index (κ3) is 9.60. The van der Waals surface area contributed by atoms with Crippen LogP contribution in [0.1, 0.15) is 32.3 Å². The van der Waals surface area contributed by atoms with Crippen molar-refractivity contribution in [2.45, 2.75) is 26.7 Å². The predicted octanol–water partition coefficient (Wildman–Crippen LogP) is 2.96. The molecule has 3 N–H and O–H groups in total. The normalized spacial score (nSPS) is 9.72. The maximum absolute atomic E-state index is 4.85. The van der Waals surface area contributed by atoms with E-state index in [0.29, 0.717) is 0 Å². The highest BCUT2D eigenvalue weighted by Crippen LogP contribution is 2.00. The Labute approximate surface area is 111 Å². The molecule has 1 aromatic heterocycles. The first-order valence-electron chi connectivity index (χ1n) is 6.45. The van der Waals surface area contributed by atoms with E-state index in [1.54, 1.807) is 6.20 Å². The summed E-state index contributed by atoms with van der Waals surface area (Å²) in [6.07, 6.45) is 9.97. The van der Waals surface area contributed by atoms with E-state index in [-0.39, 0.29) is 0 Å². The van der Waals surface area contributed by atoms with Crippen molar-refractivity contribution in [1.29, 1.82) is 0 Å². The third-order valence-electron chi connectivity index (χ3n) is 2.04. The van der Waals surface area contributed by atoms with Crippen molar-refractivity contribution in [3.8, 4) is 0 Å². The van der Waals surface area contributed by atoms with Gasteiger partial charge < -0.3 is 11.1 Å². The molecule has 1 heterocycles. The lowest BCUT2D eigenvalue weighted by molar-refractivity contribution is 0.721. The molecule has 0 saturated heterocycles. The molecule has 0 radical (unpaired) electrons. The van der Waals surface area contributed by atoms with Gasteiger partial charge in [0, 0.05) is 24.6 Å². The third-order valence-corrected chi connectivity index (χ3v) is 2.04. The van der Waals surface area contributed by atoms with Gasteiger partial charge in [0.25, 0.3) is 0 Å². The van der Waals surface area contributed by atoms with Crippen molar-refractivity contribution < 1.29 is 0 Å². The molecule has 18 heavy (non-hydrogen) atoms. The average molecular weight is 247 g/mol. The molecule has 0 aliphatic heterocycles. The summed E-state index contributed by atoms with van der Waals surface area (Å²) in [6, 6.07) is 3.94. The SMILES string of the molecule is C=C(/C=C/c1cccnc1)NCCCC.CCN. The van der Waals surface area contributed by atoms with Crippen molar-refractivity contribution in [1.82, 2.24) is 10.3 Å². The Kier molecular flexibility index (Phi) is 10.8. The minimum absolute atomic E-state index is 0.750. The minimum atomic E-state index is 0.750. The summed E-state index contributed by atoms with van der Waals surface area (Å²) in [5.74, 6) is 0. The summed E-state index contributed by atoms with van der Waals surface area (Å²) in [7, 11) is 0. The van der Waals surface area contributed by atoms with E-state index < -0.39 is 0 Å². The lowest BCUT2D eigenvalue weighted by Gasteiger charge is -2.03. The molecule has 3 heteroatoms. The molecule has 1 aromatic rings. The lowest BCUT2D eigenvalue weighted by Crippen LogP contribution is -2.11. The molecule has 100 valence electrons. The van der Waals surface area contributed by atoms with Crippen LogP contribution in [0, 0.1) is 0 Å². The smallest absolute Gasteiger partial charge is 0.0340 e. The Bertz CT molecular complexity index is 331. The number of nitrogens with two attached hydrogens (primary N) is 1. The molecule has 0 bridgehead atoms. The number of hydrogen-bond donors (Lipinski definition) is 2. The van der Waals surface area contributed by atoms with Gasteiger partial charge in [-0.3, -0.25) is 4.98 Å². The summed E-state index contributed by atoms with van der Waals surface area (Å²) in [4.78, 5) is 4.04. The van der Waals surface area contributed by atoms with Gasteiger partial charge in [0.2, 0.25) is 0 Å². The fourth-order valence-corrected chi connectivity index (χ4v) is 1.16. The van der Waals surface area contributed by atoms with Crippen molar-refractivity contribution in [3.05, 3.63) is 48.4 Å². The Morgan fingerprint density at radius 1 is 1.50 bits per heavy atom. The van der Waals surface area contributed by atoms with Crippen molar-refractivity contribution in [3.63, 3.8) is 0 Å². The van der Waals surface area contributed by atoms with Gasteiger partial charge >= 0.3 is 0 Å². The standard InChI is InChI=1S/C13H18N2.C2H7N/c1-3-4-10-15-12(2)7-8-13-6-5-9-14-11-13;1-2-3/h5-9,11,15H,2-4,10H2,1H3;2-3H2,1H3/b8-7+;. The molecule has 0 atom stereocenters. The summed E-state index contributed by atoms with van der Waals surface area (Å²) in [6.45, 7) is 9.75. The average Bonchev–Trinajstić information content (AvgIpc) is 2.39. The molecular formula is C15H25N3. The molecule has 0 spiro atoms. The minimum Gasteiger partial charge on any atom is -0.386 e. The summed E-state index contributed by atoms with van der Waals surface area (Å²) in [5, 5.41) is 3.25. The van der Waals surface area contributed by atoms with Gasteiger partial charge in [-0.05, 0) is 30.7 Å². The van der Waals surface area contributed by atoms with Crippen LogP contribution in [-0.4, -0.2) is 18.1 Å². The number of allylic oxidation sites excluding steroid dienone is 1. The molecule has 0 unspecified atom stereocenters. The zero-order chi connectivity index (χ0) is 13.6. The fraction of sp³-hybridized carbons (Fsp3) is 0.400. The molecule has 0 aromatic carbocycles. The Hall–Kier alpha value is -1.61. The fourth-order valence-electron chi connectivity index (χ4n) is 1.16. The van der Waals surface area contributed by atoms with Gasteiger partial charge in [0.1, 0.15) is 0 Å². The predicted molar refractivity (Wildman–Crippen MR) is 80.1 cm³/mol. The Morgan fingerprint density at radius 2 is 2.22 bits per heavy atom. The van der Waals surface area contributed by atoms with Crippen LogP contribution in [0.2, 0.25) is 0 Å². The number of hydrogen-bond acceptors (Lipinski definition) is 3. The van der Waals surface area contributed by atoms with Crippen LogP contribution in [0.15, 0.2) is 42.9 Å². The summed E-state index contributed by atoms with van der Waals surface area (Å²) < 4.78 is 0. The maximum Gasteiger partial charge on any atom is 0.0340 e. The van der Waals surface area contributed by atoms with Gasteiger partial charge in [-0.25, -0.2) is 0 Å². The number of nitrogens with zero attached hydrogens (tertiary/aromatic N) is 1. The van der Waals surface area contributed by atoms with Gasteiger partial charge in [0.05, 0.1) is 0 Å². The van der Waals surface area contributed by atoms with Crippen LogP contribution >= 0.6 is 0 Å². The molecular weight excluding hydrogens is 222 g/mol. The molecule has 0 aliphatic rings. The second-order valence-corrected chi connectivity index (χ2v) is 3.83. The second-order valence-electron chi connectivity index (χ2n) is 3.83. The molecule has 3 nitrogen and oxygen atoms in total. The van der Waals surface area contributed by atoms with Crippen molar-refractivity contribution in [2.75, 3.05) is 13.1 Å². The second kappa shape index (κ2) is 11.9. The topological polar surface area (TPSA) is 50.9 Å². The van der Waals surface area contributed by atoms with E-state index in [0.717, 1.165) is 24.4 Å². The van der Waals surface area contributed by atoms with E-state index in [4.69, 9.17) is 5.73 Å². The summed E-state index contributed by atoms with van der Waals surface area (Å²) >= 11 is 0. The van der Waals surface area contributed by atoms with Gasteiger partial charge in [-0.15, -0.1) is 0 Å². The van der Waals surface area contributed by atoms with E-state index in [9.17, 15) is 0 Å². The highest BCUT2D eigenvalue weighted by atomic mass is 14.9. The largest absolute Gasteiger partial charge is 0.386 e. The molecule has 1 rings (SSSR count). The van der Waals surface area contributed by atoms with Crippen LogP contribution in [0.3, 0.4) is 0 Å². The number of aromatic nitrogens is 1. The van der Waals surface area contributed by atoms with E-state index >= 15 is 0 Å². The molecule has 0 amide bonds. The van der Waals surface area contributed by atoms with E-state index in [1.807, 2.05) is 37.4 Å². The first-order valence-corrected chi connectivity index (χ1v) is 6.45. The number of pyridine rings is 1. The highest BCUT2D eigenvalue weighted by Gasteiger charge is 1.87. The van der Waals surface area contributed by atoms with Crippen molar-refractivity contribution >= 4 is 6.08 Å². The van der Waals surface area contributed by atoms with Crippen LogP contribution < -0.4 is 11.1 Å². The molecule has 0 saturated carbocycles. The van der Waals surface area contributed by atoms with E-state index in [1.165, 1.54) is 12.8 Å². The first-order chi connectivity index (χ1) is 8.74. The van der Waals surface area contributed by atoms with Gasteiger partial charge in [0.15, 0.2) is 0 Å². The van der Waals surface area contributed by atoms with Crippen LogP contribution in [0.25, 0.3) is 6.08 Å². The highest BCUT2D eigenvalue weighted by molar-refractivity contribution is 5.50. The van der Waals surface area contributed by atoms with Gasteiger partial charge in [-0.1, -0.05) is 39.0 Å². The molecule has 0 fully saturated rings. The summed E-state index contributed by atoms with van der Waals surface area (Å²) in [5.41, 5.74) is 6.89. The first kappa shape index (κ1) is 16.4. The zero-order valence-corrected chi connectivity index (χ0v) is 11.5. The Morgan fingerprint density at radius 3 is 2.78 bits per heavy atom. The number of nitrogens with one attached hydrogen (secondary N) is 1. The Balaban J connectivity index is 0.000000873. The number of rotatable bonds is 6.